The van der Waals surface area contributed by atoms with E-state index in [0.29, 0.717) is 0 Å². The van der Waals surface area contributed by atoms with Crippen LogP contribution in [-0.4, -0.2) is 9.23 Å². The molecule has 0 aliphatic carbocycles. The molecule has 0 heterocycles. The summed E-state index contributed by atoms with van der Waals surface area (Å²) in [6, 6.07) is 0. The summed E-state index contributed by atoms with van der Waals surface area (Å²) in [4.78, 5) is 0. The van der Waals surface area contributed by atoms with Crippen LogP contribution in [-0.2, 0) is 0 Å². The molecule has 3 heteroatoms. The van der Waals surface area contributed by atoms with E-state index in [1.165, 1.54) is 36.3 Å². The van der Waals surface area contributed by atoms with Crippen molar-refractivity contribution < 1.29 is 0 Å². The molecule has 0 radical (unpaired) electrons. The Labute approximate surface area is 87.1 Å². The summed E-state index contributed by atoms with van der Waals surface area (Å²) in [6.45, 7) is 4.51. The molecule has 0 atom stereocenters. The predicted octanol–water partition coefficient (Wildman–Crippen LogP) is 4.82. The molecule has 0 saturated heterocycles. The summed E-state index contributed by atoms with van der Waals surface area (Å²) in [7, 11) is -1.29. The second-order valence-corrected chi connectivity index (χ2v) is 24.9. The van der Waals surface area contributed by atoms with Gasteiger partial charge < -0.3 is 0 Å². The van der Waals surface area contributed by atoms with E-state index < -0.39 is 9.23 Å². The van der Waals surface area contributed by atoms with Crippen molar-refractivity contribution in [1.29, 1.82) is 0 Å². The summed E-state index contributed by atoms with van der Waals surface area (Å²) in [5.74, 6) is 0. The molecule has 0 nitrogen and oxygen atoms in total. The summed E-state index contributed by atoms with van der Waals surface area (Å²) in [6.07, 6.45) is 5.39. The average molecular weight is 353 g/mol. The fourth-order valence-electron chi connectivity index (χ4n) is 0.813. The summed E-state index contributed by atoms with van der Waals surface area (Å²) >= 11 is 7.71. The van der Waals surface area contributed by atoms with Gasteiger partial charge in [0.25, 0.3) is 0 Å². The Bertz CT molecular complexity index is 84.1. The van der Waals surface area contributed by atoms with Crippen molar-refractivity contribution in [3.63, 3.8) is 0 Å². The maximum absolute atomic E-state index is 3.86. The summed E-state index contributed by atoms with van der Waals surface area (Å²) < 4.78 is 0. The van der Waals surface area contributed by atoms with Gasteiger partial charge in [-0.25, -0.2) is 0 Å². The van der Waals surface area contributed by atoms with Crippen LogP contribution in [0.1, 0.15) is 39.5 Å². The predicted molar refractivity (Wildman–Crippen MR) is 63.0 cm³/mol. The van der Waals surface area contributed by atoms with E-state index in [1.54, 1.807) is 0 Å². The van der Waals surface area contributed by atoms with Crippen LogP contribution in [0.4, 0.5) is 0 Å². The molecule has 70 valence electrons. The van der Waals surface area contributed by atoms with Crippen LogP contribution in [0, 0.1) is 0 Å². The van der Waals surface area contributed by atoms with Gasteiger partial charge in [-0.05, 0) is 0 Å². The Hall–Kier alpha value is 1.48. The standard InChI is InChI=1S/C8H18Br2Se/c1-3-5-7-11(9,10)8-6-4-2/h3-8H2,1-2H3. The quantitative estimate of drug-likeness (QED) is 0.601. The van der Waals surface area contributed by atoms with Crippen molar-refractivity contribution >= 4 is 37.4 Å². The Kier molecular flexibility index (Phi) is 7.87. The fourth-order valence-corrected chi connectivity index (χ4v) is 8.98. The van der Waals surface area contributed by atoms with Gasteiger partial charge in [-0.3, -0.25) is 0 Å². The van der Waals surface area contributed by atoms with Gasteiger partial charge in [-0.1, -0.05) is 0 Å². The van der Waals surface area contributed by atoms with Crippen molar-refractivity contribution in [1.82, 2.24) is 0 Å². The van der Waals surface area contributed by atoms with Gasteiger partial charge in [0.15, 0.2) is 0 Å². The third kappa shape index (κ3) is 7.83. The zero-order valence-electron chi connectivity index (χ0n) is 7.41. The topological polar surface area (TPSA) is 0 Å². The molecule has 0 aliphatic heterocycles. The van der Waals surface area contributed by atoms with E-state index in [2.05, 4.69) is 42.1 Å². The molecule has 0 bridgehead atoms. The van der Waals surface area contributed by atoms with E-state index in [9.17, 15) is 0 Å². The van der Waals surface area contributed by atoms with Gasteiger partial charge in [0.2, 0.25) is 0 Å². The van der Waals surface area contributed by atoms with Crippen molar-refractivity contribution in [3.05, 3.63) is 0 Å². The molecule has 0 aromatic heterocycles. The first-order chi connectivity index (χ1) is 5.12. The van der Waals surface area contributed by atoms with Gasteiger partial charge in [-0.2, -0.15) is 0 Å². The van der Waals surface area contributed by atoms with E-state index in [1.807, 2.05) is 0 Å². The number of hydrogen-bond acceptors (Lipinski definition) is 0. The van der Waals surface area contributed by atoms with E-state index in [-0.39, 0.29) is 0 Å². The second kappa shape index (κ2) is 6.94. The molecule has 0 aliphatic rings. The van der Waals surface area contributed by atoms with Gasteiger partial charge >= 0.3 is 87.6 Å². The molecule has 0 aromatic rings. The Morgan fingerprint density at radius 1 is 0.909 bits per heavy atom. The van der Waals surface area contributed by atoms with Gasteiger partial charge in [0, 0.05) is 0 Å². The van der Waals surface area contributed by atoms with Gasteiger partial charge in [-0.15, -0.1) is 0 Å². The summed E-state index contributed by atoms with van der Waals surface area (Å²) in [5.41, 5.74) is 0. The van der Waals surface area contributed by atoms with Crippen LogP contribution in [0.3, 0.4) is 0 Å². The van der Waals surface area contributed by atoms with E-state index >= 15 is 0 Å². The molecule has 0 N–H and O–H groups in total. The van der Waals surface area contributed by atoms with Crippen molar-refractivity contribution in [3.8, 4) is 0 Å². The third-order valence-corrected chi connectivity index (χ3v) is 12.0. The van der Waals surface area contributed by atoms with Crippen LogP contribution in [0.5, 0.6) is 0 Å². The average Bonchev–Trinajstić information content (AvgIpc) is 1.97. The maximum atomic E-state index is 3.86. The fraction of sp³-hybridized carbons (Fsp3) is 1.00. The molecule has 11 heavy (non-hydrogen) atoms. The molecule has 0 rings (SSSR count). The molecule has 0 amide bonds. The van der Waals surface area contributed by atoms with Crippen LogP contribution >= 0.6 is 28.2 Å². The zero-order valence-corrected chi connectivity index (χ0v) is 12.3. The molecule has 0 saturated carbocycles. The monoisotopic (exact) mass is 352 g/mol. The van der Waals surface area contributed by atoms with Gasteiger partial charge in [0.1, 0.15) is 0 Å². The number of rotatable bonds is 6. The first-order valence-corrected chi connectivity index (χ1v) is 14.7. The number of hydrogen-bond donors (Lipinski definition) is 0. The minimum absolute atomic E-state index is 1.29. The SMILES string of the molecule is CCCC[Se](Br)(Br)CCCC. The first kappa shape index (κ1) is 12.5. The van der Waals surface area contributed by atoms with E-state index in [4.69, 9.17) is 0 Å². The van der Waals surface area contributed by atoms with Crippen LogP contribution in [0.25, 0.3) is 0 Å². The molecular weight excluding hydrogens is 335 g/mol. The third-order valence-electron chi connectivity index (χ3n) is 1.59. The molecular formula is C8H18Br2Se. The van der Waals surface area contributed by atoms with E-state index in [0.717, 1.165) is 0 Å². The Morgan fingerprint density at radius 3 is 1.55 bits per heavy atom. The van der Waals surface area contributed by atoms with Crippen molar-refractivity contribution in [2.24, 2.45) is 0 Å². The second-order valence-electron chi connectivity index (χ2n) is 2.81. The number of unbranched alkanes of at least 4 members (excludes halogenated alkanes) is 2. The zero-order chi connectivity index (χ0) is 8.74. The Balaban J connectivity index is 3.43. The number of halogens is 2. The molecule has 0 unspecified atom stereocenters. The minimum atomic E-state index is -1.29. The Morgan fingerprint density at radius 2 is 1.27 bits per heavy atom. The molecule has 0 aromatic carbocycles. The van der Waals surface area contributed by atoms with Crippen LogP contribution < -0.4 is 0 Å². The molecule has 0 spiro atoms. The molecule has 0 fully saturated rings. The van der Waals surface area contributed by atoms with Crippen LogP contribution in [0.15, 0.2) is 0 Å². The summed E-state index contributed by atoms with van der Waals surface area (Å²) in [5, 5.41) is 2.79. The first-order valence-electron chi connectivity index (χ1n) is 4.30. The van der Waals surface area contributed by atoms with Gasteiger partial charge in [0.05, 0.1) is 0 Å². The van der Waals surface area contributed by atoms with Crippen molar-refractivity contribution in [2.45, 2.75) is 50.2 Å². The van der Waals surface area contributed by atoms with Crippen LogP contribution in [0.2, 0.25) is 10.6 Å². The van der Waals surface area contributed by atoms with Crippen molar-refractivity contribution in [2.75, 3.05) is 0 Å². The normalized spacial score (nSPS) is 13.5.